The Balaban J connectivity index is 1.48. The van der Waals surface area contributed by atoms with Gasteiger partial charge in [-0.05, 0) is 25.5 Å². The molecule has 8 heteroatoms. The predicted octanol–water partition coefficient (Wildman–Crippen LogP) is 1.56. The summed E-state index contributed by atoms with van der Waals surface area (Å²) in [6, 6.07) is 2.03. The highest BCUT2D eigenvalue weighted by molar-refractivity contribution is 5.75. The highest BCUT2D eigenvalue weighted by Gasteiger charge is 2.19. The van der Waals surface area contributed by atoms with Gasteiger partial charge in [-0.2, -0.15) is 10.1 Å². The zero-order valence-corrected chi connectivity index (χ0v) is 15.8. The van der Waals surface area contributed by atoms with E-state index in [2.05, 4.69) is 20.6 Å². The van der Waals surface area contributed by atoms with E-state index in [1.807, 2.05) is 26.1 Å². The molecule has 1 fully saturated rings. The number of amides is 1. The Hall–Kier alpha value is -2.22. The number of carbonyl (C=O) groups is 1. The van der Waals surface area contributed by atoms with Crippen molar-refractivity contribution >= 4 is 5.91 Å². The summed E-state index contributed by atoms with van der Waals surface area (Å²) in [7, 11) is 1.79. The molecule has 0 aliphatic carbocycles. The molecule has 3 rings (SSSR count). The molecule has 0 aromatic carbocycles. The molecule has 0 saturated carbocycles. The molecule has 2 aromatic rings. The lowest BCUT2D eigenvalue weighted by molar-refractivity contribution is -0.130. The molecule has 0 bridgehead atoms. The van der Waals surface area contributed by atoms with Gasteiger partial charge in [0.2, 0.25) is 11.8 Å². The van der Waals surface area contributed by atoms with Crippen LogP contribution in [-0.2, 0) is 17.8 Å². The fraction of sp³-hybridized carbons (Fsp3) is 0.667. The van der Waals surface area contributed by atoms with Gasteiger partial charge in [0, 0.05) is 44.6 Å². The third kappa shape index (κ3) is 4.69. The average molecular weight is 360 g/mol. The van der Waals surface area contributed by atoms with Gasteiger partial charge in [0.15, 0.2) is 5.82 Å². The first-order chi connectivity index (χ1) is 12.5. The molecule has 26 heavy (non-hydrogen) atoms. The zero-order chi connectivity index (χ0) is 18.5. The Morgan fingerprint density at radius 3 is 3.04 bits per heavy atom. The lowest BCUT2D eigenvalue weighted by Crippen LogP contribution is -2.32. The number of carbonyl (C=O) groups excluding carboxylic acids is 1. The summed E-state index contributed by atoms with van der Waals surface area (Å²) in [5.41, 5.74) is 1.07. The van der Waals surface area contributed by atoms with Crippen LogP contribution in [0, 0.1) is 0 Å². The maximum atomic E-state index is 12.4. The molecule has 0 radical (unpaired) electrons. The van der Waals surface area contributed by atoms with Gasteiger partial charge >= 0.3 is 0 Å². The van der Waals surface area contributed by atoms with Crippen LogP contribution in [0.25, 0.3) is 0 Å². The van der Waals surface area contributed by atoms with Crippen molar-refractivity contribution in [1.29, 1.82) is 0 Å². The van der Waals surface area contributed by atoms with Crippen molar-refractivity contribution in [3.63, 3.8) is 0 Å². The smallest absolute Gasteiger partial charge is 0.244 e. The number of likely N-dealkylation sites (N-methyl/N-ethyl adjacent to an activating group) is 1. The van der Waals surface area contributed by atoms with E-state index < -0.39 is 0 Å². The molecule has 1 unspecified atom stereocenters. The SMILES string of the molecule is CC(C)c1nc(CCN(C)C(=O)Cn2ccc(C3CCCNC3)n2)no1. The highest BCUT2D eigenvalue weighted by atomic mass is 16.5. The maximum Gasteiger partial charge on any atom is 0.244 e. The molecule has 3 heterocycles. The Morgan fingerprint density at radius 1 is 1.50 bits per heavy atom. The fourth-order valence-corrected chi connectivity index (χ4v) is 3.04. The van der Waals surface area contributed by atoms with E-state index in [1.54, 1.807) is 16.6 Å². The van der Waals surface area contributed by atoms with Crippen molar-refractivity contribution in [2.75, 3.05) is 26.7 Å². The third-order valence-corrected chi connectivity index (χ3v) is 4.75. The summed E-state index contributed by atoms with van der Waals surface area (Å²) in [5.74, 6) is 1.96. The van der Waals surface area contributed by atoms with Gasteiger partial charge in [-0.3, -0.25) is 9.48 Å². The van der Waals surface area contributed by atoms with Crippen molar-refractivity contribution in [2.24, 2.45) is 0 Å². The summed E-state index contributed by atoms with van der Waals surface area (Å²) in [5, 5.41) is 11.9. The number of nitrogens with one attached hydrogen (secondary N) is 1. The van der Waals surface area contributed by atoms with Gasteiger partial charge in [0.05, 0.1) is 5.69 Å². The van der Waals surface area contributed by atoms with Gasteiger partial charge in [0.1, 0.15) is 6.54 Å². The minimum Gasteiger partial charge on any atom is -0.344 e. The molecule has 1 aliphatic heterocycles. The van der Waals surface area contributed by atoms with E-state index in [4.69, 9.17) is 4.52 Å². The van der Waals surface area contributed by atoms with Gasteiger partial charge in [-0.1, -0.05) is 19.0 Å². The zero-order valence-electron chi connectivity index (χ0n) is 15.8. The Labute approximate surface area is 153 Å². The van der Waals surface area contributed by atoms with Gasteiger partial charge < -0.3 is 14.7 Å². The molecule has 1 atom stereocenters. The molecule has 2 aromatic heterocycles. The van der Waals surface area contributed by atoms with E-state index in [-0.39, 0.29) is 18.4 Å². The average Bonchev–Trinajstić information content (AvgIpc) is 3.30. The second-order valence-electron chi connectivity index (χ2n) is 7.25. The predicted molar refractivity (Wildman–Crippen MR) is 96.8 cm³/mol. The first-order valence-corrected chi connectivity index (χ1v) is 9.33. The topological polar surface area (TPSA) is 89.1 Å². The van der Waals surface area contributed by atoms with Crippen LogP contribution in [0.1, 0.15) is 55.9 Å². The minimum atomic E-state index is 0.0222. The van der Waals surface area contributed by atoms with Gasteiger partial charge in [0.25, 0.3) is 0 Å². The monoisotopic (exact) mass is 360 g/mol. The standard InChI is InChI=1S/C18H28N6O2/c1-13(2)18-20-16(22-26-18)7-9-23(3)17(25)12-24-10-6-15(21-24)14-5-4-8-19-11-14/h6,10,13-14,19H,4-5,7-9,11-12H2,1-3H3. The van der Waals surface area contributed by atoms with Crippen LogP contribution in [0.3, 0.4) is 0 Å². The lowest BCUT2D eigenvalue weighted by atomic mass is 9.97. The van der Waals surface area contributed by atoms with E-state index in [0.717, 1.165) is 25.2 Å². The maximum absolute atomic E-state index is 12.4. The van der Waals surface area contributed by atoms with Crippen LogP contribution >= 0.6 is 0 Å². The van der Waals surface area contributed by atoms with Crippen LogP contribution < -0.4 is 5.32 Å². The van der Waals surface area contributed by atoms with E-state index >= 15 is 0 Å². The van der Waals surface area contributed by atoms with Crippen LogP contribution in [0.15, 0.2) is 16.8 Å². The van der Waals surface area contributed by atoms with Crippen molar-refractivity contribution < 1.29 is 9.32 Å². The summed E-state index contributed by atoms with van der Waals surface area (Å²) in [6.45, 7) is 6.87. The van der Waals surface area contributed by atoms with Gasteiger partial charge in [-0.15, -0.1) is 0 Å². The number of piperidine rings is 1. The Bertz CT molecular complexity index is 717. The second-order valence-corrected chi connectivity index (χ2v) is 7.25. The largest absolute Gasteiger partial charge is 0.344 e. The molecular weight excluding hydrogens is 332 g/mol. The van der Waals surface area contributed by atoms with Crippen molar-refractivity contribution in [1.82, 2.24) is 30.1 Å². The van der Waals surface area contributed by atoms with Crippen molar-refractivity contribution in [3.8, 4) is 0 Å². The number of rotatable bonds is 7. The van der Waals surface area contributed by atoms with Gasteiger partial charge in [-0.25, -0.2) is 0 Å². The Kier molecular flexibility index (Phi) is 6.03. The number of hydrogen-bond donors (Lipinski definition) is 1. The molecular formula is C18H28N6O2. The second kappa shape index (κ2) is 8.44. The summed E-state index contributed by atoms with van der Waals surface area (Å²) in [4.78, 5) is 18.5. The van der Waals surface area contributed by atoms with Crippen molar-refractivity contribution in [2.45, 2.75) is 51.5 Å². The molecule has 1 aliphatic rings. The third-order valence-electron chi connectivity index (χ3n) is 4.75. The quantitative estimate of drug-likeness (QED) is 0.806. The normalized spacial score (nSPS) is 17.6. The summed E-state index contributed by atoms with van der Waals surface area (Å²) < 4.78 is 6.92. The van der Waals surface area contributed by atoms with Crippen LogP contribution in [0.5, 0.6) is 0 Å². The molecule has 1 N–H and O–H groups in total. The number of hydrogen-bond acceptors (Lipinski definition) is 6. The van der Waals surface area contributed by atoms with Crippen LogP contribution in [-0.4, -0.2) is 57.4 Å². The van der Waals surface area contributed by atoms with Crippen molar-refractivity contribution in [3.05, 3.63) is 29.7 Å². The fourth-order valence-electron chi connectivity index (χ4n) is 3.04. The number of aromatic nitrogens is 4. The van der Waals surface area contributed by atoms with E-state index in [0.29, 0.717) is 30.6 Å². The molecule has 0 spiro atoms. The molecule has 8 nitrogen and oxygen atoms in total. The van der Waals surface area contributed by atoms with E-state index in [1.165, 1.54) is 6.42 Å². The minimum absolute atomic E-state index is 0.0222. The lowest BCUT2D eigenvalue weighted by Gasteiger charge is -2.20. The summed E-state index contributed by atoms with van der Waals surface area (Å²) >= 11 is 0. The first-order valence-electron chi connectivity index (χ1n) is 9.33. The van der Waals surface area contributed by atoms with Crippen LogP contribution in [0.4, 0.5) is 0 Å². The highest BCUT2D eigenvalue weighted by Crippen LogP contribution is 2.21. The first kappa shape index (κ1) is 18.6. The molecule has 1 amide bonds. The number of nitrogens with zero attached hydrogens (tertiary/aromatic N) is 5. The Morgan fingerprint density at radius 2 is 2.35 bits per heavy atom. The summed E-state index contributed by atoms with van der Waals surface area (Å²) in [6.07, 6.45) is 4.80. The molecule has 142 valence electrons. The van der Waals surface area contributed by atoms with Crippen LogP contribution in [0.2, 0.25) is 0 Å². The molecule has 1 saturated heterocycles. The van der Waals surface area contributed by atoms with E-state index in [9.17, 15) is 4.79 Å².